The zero-order valence-corrected chi connectivity index (χ0v) is 38.3. The summed E-state index contributed by atoms with van der Waals surface area (Å²) in [4.78, 5) is 81.2. The van der Waals surface area contributed by atoms with Crippen molar-refractivity contribution < 1.29 is 38.2 Å². The maximum Gasteiger partial charge on any atom is 0.251 e. The number of hydrogen-bond donors (Lipinski definition) is 5. The number of nitrogens with zero attached hydrogens (tertiary/aromatic N) is 4. The molecule has 0 aliphatic rings. The first-order chi connectivity index (χ1) is 29.1. The third kappa shape index (κ3) is 17.9. The molecule has 3 aromatic rings. The van der Waals surface area contributed by atoms with Gasteiger partial charge in [0.1, 0.15) is 29.8 Å². The Bertz CT molecular complexity index is 1930. The van der Waals surface area contributed by atoms with Gasteiger partial charge in [0, 0.05) is 72.3 Å². The molecule has 3 rings (SSSR count). The van der Waals surface area contributed by atoms with Crippen molar-refractivity contribution in [2.75, 3.05) is 52.7 Å². The van der Waals surface area contributed by atoms with Gasteiger partial charge in [0.2, 0.25) is 23.6 Å². The summed E-state index contributed by atoms with van der Waals surface area (Å²) in [6, 6.07) is 3.00. The molecule has 0 aliphatic carbocycles. The van der Waals surface area contributed by atoms with Crippen molar-refractivity contribution in [3.8, 4) is 22.3 Å². The third-order valence-electron chi connectivity index (χ3n) is 9.19. The molecule has 0 aliphatic heterocycles. The van der Waals surface area contributed by atoms with Crippen molar-refractivity contribution in [2.24, 2.45) is 5.41 Å². The van der Waals surface area contributed by atoms with Gasteiger partial charge in [0.05, 0.1) is 39.6 Å². The van der Waals surface area contributed by atoms with Crippen LogP contribution in [-0.2, 0) is 38.8 Å². The summed E-state index contributed by atoms with van der Waals surface area (Å²) in [7, 11) is 0. The maximum atomic E-state index is 13.3. The molecule has 3 atom stereocenters. The highest BCUT2D eigenvalue weighted by Crippen LogP contribution is 2.29. The Labute approximate surface area is 366 Å². The van der Waals surface area contributed by atoms with Crippen LogP contribution in [0.4, 0.5) is 0 Å². The van der Waals surface area contributed by atoms with E-state index < -0.39 is 35.8 Å². The molecule has 62 heavy (non-hydrogen) atoms. The Morgan fingerprint density at radius 3 is 1.53 bits per heavy atom. The maximum absolute atomic E-state index is 13.3. The first-order valence-corrected chi connectivity index (χ1v) is 21.1. The predicted molar refractivity (Wildman–Crippen MR) is 236 cm³/mol. The Kier molecular flexibility index (Phi) is 20.0. The summed E-state index contributed by atoms with van der Waals surface area (Å²) in [5, 5.41) is 13.4. The second-order valence-corrected chi connectivity index (χ2v) is 17.7. The SMILES string of the molecule is CC(C)c1ncc(-c2cc(C(=O)NCCOCCOCCOCCC(=O)N[C@@H](C)C(=O)N[C@@H](C)C(=O)N[C@@H](C)C(=O)NCC(C)(C)C)cc(-c3cnc(C(C)(C)C)nc3)c2)cn1. The Hall–Kier alpha value is -5.39. The van der Waals surface area contributed by atoms with Crippen molar-refractivity contribution in [1.82, 2.24) is 46.5 Å². The fraction of sp³-hybridized carbons (Fsp3) is 0.578. The van der Waals surface area contributed by atoms with Crippen LogP contribution in [0.25, 0.3) is 22.3 Å². The minimum absolute atomic E-state index is 0.0219. The molecule has 0 radical (unpaired) electrons. The molecule has 2 heterocycles. The number of rotatable bonds is 23. The van der Waals surface area contributed by atoms with E-state index in [4.69, 9.17) is 14.2 Å². The summed E-state index contributed by atoms with van der Waals surface area (Å²) in [5.41, 5.74) is 3.30. The molecule has 0 fully saturated rings. The van der Waals surface area contributed by atoms with Gasteiger partial charge in [0.25, 0.3) is 5.91 Å². The predicted octanol–water partition coefficient (Wildman–Crippen LogP) is 3.87. The molecular weight excluding hydrogens is 795 g/mol. The van der Waals surface area contributed by atoms with E-state index in [2.05, 4.69) is 67.3 Å². The highest BCUT2D eigenvalue weighted by Gasteiger charge is 2.25. The molecule has 0 saturated carbocycles. The van der Waals surface area contributed by atoms with Gasteiger partial charge in [0.15, 0.2) is 0 Å². The van der Waals surface area contributed by atoms with E-state index in [9.17, 15) is 24.0 Å². The average molecular weight is 862 g/mol. The van der Waals surface area contributed by atoms with Crippen LogP contribution in [0, 0.1) is 5.41 Å². The van der Waals surface area contributed by atoms with Crippen molar-refractivity contribution in [1.29, 1.82) is 0 Å². The monoisotopic (exact) mass is 862 g/mol. The minimum atomic E-state index is -0.924. The molecule has 5 N–H and O–H groups in total. The smallest absolute Gasteiger partial charge is 0.251 e. The van der Waals surface area contributed by atoms with Gasteiger partial charge in [-0.15, -0.1) is 0 Å². The van der Waals surface area contributed by atoms with E-state index >= 15 is 0 Å². The lowest BCUT2D eigenvalue weighted by atomic mass is 9.95. The zero-order chi connectivity index (χ0) is 46.0. The fourth-order valence-electron chi connectivity index (χ4n) is 5.48. The van der Waals surface area contributed by atoms with Crippen LogP contribution < -0.4 is 26.6 Å². The molecule has 0 saturated heterocycles. The summed E-state index contributed by atoms with van der Waals surface area (Å²) in [6.45, 7) is 23.0. The molecule has 0 bridgehead atoms. The zero-order valence-electron chi connectivity index (χ0n) is 38.3. The van der Waals surface area contributed by atoms with Gasteiger partial charge >= 0.3 is 0 Å². The van der Waals surface area contributed by atoms with Crippen LogP contribution in [0.3, 0.4) is 0 Å². The van der Waals surface area contributed by atoms with Crippen molar-refractivity contribution in [3.63, 3.8) is 0 Å². The Balaban J connectivity index is 1.32. The van der Waals surface area contributed by atoms with Gasteiger partial charge in [-0.3, -0.25) is 24.0 Å². The largest absolute Gasteiger partial charge is 0.379 e. The molecule has 340 valence electrons. The number of aromatic nitrogens is 4. The van der Waals surface area contributed by atoms with E-state index in [0.717, 1.165) is 33.9 Å². The van der Waals surface area contributed by atoms with Gasteiger partial charge in [-0.25, -0.2) is 19.9 Å². The van der Waals surface area contributed by atoms with E-state index in [1.165, 1.54) is 13.8 Å². The van der Waals surface area contributed by atoms with Gasteiger partial charge in [-0.2, -0.15) is 0 Å². The molecule has 17 heteroatoms. The number of benzene rings is 1. The molecule has 2 aromatic heterocycles. The van der Waals surface area contributed by atoms with Crippen LogP contribution in [0.1, 0.15) is 111 Å². The lowest BCUT2D eigenvalue weighted by molar-refractivity contribution is -0.133. The van der Waals surface area contributed by atoms with Crippen molar-refractivity contribution in [3.05, 3.63) is 60.2 Å². The number of hydrogen-bond acceptors (Lipinski definition) is 12. The van der Waals surface area contributed by atoms with Gasteiger partial charge in [-0.05, 0) is 55.5 Å². The third-order valence-corrected chi connectivity index (χ3v) is 9.19. The lowest BCUT2D eigenvalue weighted by Gasteiger charge is -2.22. The molecule has 5 amide bonds. The minimum Gasteiger partial charge on any atom is -0.379 e. The average Bonchev–Trinajstić information content (AvgIpc) is 3.22. The number of ether oxygens (including phenoxy) is 3. The highest BCUT2D eigenvalue weighted by atomic mass is 16.5. The van der Waals surface area contributed by atoms with E-state index in [1.807, 2.05) is 52.8 Å². The van der Waals surface area contributed by atoms with E-state index in [1.54, 1.807) is 31.7 Å². The van der Waals surface area contributed by atoms with Gasteiger partial charge in [-0.1, -0.05) is 55.4 Å². The van der Waals surface area contributed by atoms with Crippen molar-refractivity contribution >= 4 is 29.5 Å². The fourth-order valence-corrected chi connectivity index (χ4v) is 5.48. The summed E-state index contributed by atoms with van der Waals surface area (Å²) >= 11 is 0. The van der Waals surface area contributed by atoms with Crippen LogP contribution in [0.5, 0.6) is 0 Å². The molecule has 17 nitrogen and oxygen atoms in total. The summed E-state index contributed by atoms with van der Waals surface area (Å²) in [5.74, 6) is -0.393. The summed E-state index contributed by atoms with van der Waals surface area (Å²) < 4.78 is 16.7. The standard InChI is InChI=1S/C45H67N9O8/c1-28(2)38-47-23-35(24-48-38)32-20-33(36-25-49-43(50-26-36)45(9,10)11)22-34(21-32)42(59)46-13-15-61-17-19-62-18-16-60-14-12-37(55)52-30(4)40(57)54-31(5)41(58)53-29(3)39(56)51-27-44(6,7)8/h20-26,28-31H,12-19,27H2,1-11H3,(H,46,59)(H,51,56)(H,52,55)(H,53,58)(H,54,57)/t29-,30-,31-/m0/s1. The topological polar surface area (TPSA) is 225 Å². The molecule has 0 unspecified atom stereocenters. The quantitative estimate of drug-likeness (QED) is 0.0858. The normalized spacial score (nSPS) is 13.2. The Morgan fingerprint density at radius 2 is 1.03 bits per heavy atom. The second kappa shape index (κ2) is 24.3. The number of amides is 5. The Morgan fingerprint density at radius 1 is 0.565 bits per heavy atom. The number of carbonyl (C=O) groups is 5. The second-order valence-electron chi connectivity index (χ2n) is 17.7. The first-order valence-electron chi connectivity index (χ1n) is 21.1. The van der Waals surface area contributed by atoms with Crippen molar-refractivity contribution in [2.45, 2.75) is 112 Å². The summed E-state index contributed by atoms with van der Waals surface area (Å²) in [6.07, 6.45) is 7.10. The molecule has 0 spiro atoms. The van der Waals surface area contributed by atoms with Crippen LogP contribution in [0.2, 0.25) is 0 Å². The molecular formula is C45H67N9O8. The highest BCUT2D eigenvalue weighted by molar-refractivity contribution is 5.97. The molecule has 1 aromatic carbocycles. The lowest BCUT2D eigenvalue weighted by Crippen LogP contribution is -2.55. The first kappa shape index (κ1) is 51.0. The van der Waals surface area contributed by atoms with Crippen LogP contribution >= 0.6 is 0 Å². The van der Waals surface area contributed by atoms with Gasteiger partial charge < -0.3 is 40.8 Å². The number of nitrogens with one attached hydrogen (secondary N) is 5. The van der Waals surface area contributed by atoms with E-state index in [-0.39, 0.29) is 68.0 Å². The number of carbonyl (C=O) groups excluding carboxylic acids is 5. The van der Waals surface area contributed by atoms with Crippen LogP contribution in [-0.4, -0.2) is 120 Å². The van der Waals surface area contributed by atoms with Crippen LogP contribution in [0.15, 0.2) is 43.0 Å². The van der Waals surface area contributed by atoms with E-state index in [0.29, 0.717) is 25.3 Å².